The van der Waals surface area contributed by atoms with E-state index in [-0.39, 0.29) is 21.7 Å². The Balaban J connectivity index is 2.41. The molecular formula is C17H17N2O5S-. The normalized spacial score (nSPS) is 11.4. The minimum absolute atomic E-state index is 0.0200. The highest BCUT2D eigenvalue weighted by molar-refractivity contribution is 7.89. The van der Waals surface area contributed by atoms with Crippen LogP contribution in [0.15, 0.2) is 47.4 Å². The smallest absolute Gasteiger partial charge is 0.256 e. The summed E-state index contributed by atoms with van der Waals surface area (Å²) in [5.74, 6) is -2.13. The van der Waals surface area contributed by atoms with Gasteiger partial charge >= 0.3 is 0 Å². The van der Waals surface area contributed by atoms with Crippen LogP contribution in [0.3, 0.4) is 0 Å². The van der Waals surface area contributed by atoms with Gasteiger partial charge in [-0.1, -0.05) is 24.3 Å². The molecule has 0 heterocycles. The Kier molecular flexibility index (Phi) is 5.24. The van der Waals surface area contributed by atoms with Crippen LogP contribution in [0.2, 0.25) is 0 Å². The van der Waals surface area contributed by atoms with Crippen molar-refractivity contribution in [3.05, 3.63) is 59.2 Å². The Bertz CT molecular complexity index is 936. The molecule has 7 nitrogen and oxygen atoms in total. The van der Waals surface area contributed by atoms with E-state index in [1.54, 1.807) is 13.0 Å². The van der Waals surface area contributed by atoms with Gasteiger partial charge in [0.1, 0.15) is 0 Å². The highest BCUT2D eigenvalue weighted by Crippen LogP contribution is 2.23. The number of hydrogen-bond acceptors (Lipinski definition) is 5. The van der Waals surface area contributed by atoms with Crippen LogP contribution in [0.4, 0.5) is 5.69 Å². The van der Waals surface area contributed by atoms with Crippen LogP contribution < -0.4 is 10.4 Å². The molecule has 0 unspecified atom stereocenters. The van der Waals surface area contributed by atoms with E-state index in [1.807, 2.05) is 0 Å². The number of carboxylic acid groups (broad SMARTS) is 1. The molecule has 0 spiro atoms. The first-order chi connectivity index (χ1) is 11.6. The molecule has 0 bridgehead atoms. The third-order valence-electron chi connectivity index (χ3n) is 3.63. The Morgan fingerprint density at radius 2 is 1.64 bits per heavy atom. The fourth-order valence-corrected chi connectivity index (χ4v) is 3.08. The molecule has 0 saturated heterocycles. The van der Waals surface area contributed by atoms with Crippen LogP contribution in [-0.4, -0.2) is 38.7 Å². The van der Waals surface area contributed by atoms with Crippen LogP contribution in [0.1, 0.15) is 26.3 Å². The highest BCUT2D eigenvalue weighted by Gasteiger charge is 2.19. The summed E-state index contributed by atoms with van der Waals surface area (Å²) in [5, 5.41) is 13.7. The van der Waals surface area contributed by atoms with Crippen molar-refractivity contribution in [3.63, 3.8) is 0 Å². The van der Waals surface area contributed by atoms with Crippen molar-refractivity contribution < 1.29 is 23.1 Å². The number of benzene rings is 2. The maximum absolute atomic E-state index is 12.4. The van der Waals surface area contributed by atoms with E-state index >= 15 is 0 Å². The van der Waals surface area contributed by atoms with Crippen LogP contribution in [0.25, 0.3) is 0 Å². The van der Waals surface area contributed by atoms with Gasteiger partial charge in [0, 0.05) is 30.9 Å². The zero-order chi connectivity index (χ0) is 18.8. The molecule has 0 radical (unpaired) electrons. The van der Waals surface area contributed by atoms with Crippen molar-refractivity contribution in [2.75, 3.05) is 19.4 Å². The lowest BCUT2D eigenvalue weighted by Crippen LogP contribution is -2.26. The third-order valence-corrected chi connectivity index (χ3v) is 5.44. The first kappa shape index (κ1) is 18.6. The predicted molar refractivity (Wildman–Crippen MR) is 90.8 cm³/mol. The van der Waals surface area contributed by atoms with Crippen LogP contribution in [0, 0.1) is 6.92 Å². The van der Waals surface area contributed by atoms with Gasteiger partial charge < -0.3 is 15.2 Å². The molecule has 2 rings (SSSR count). The van der Waals surface area contributed by atoms with Crippen molar-refractivity contribution in [1.82, 2.24) is 4.31 Å². The third kappa shape index (κ3) is 3.86. The Labute approximate surface area is 146 Å². The first-order valence-corrected chi connectivity index (χ1v) is 8.73. The summed E-state index contributed by atoms with van der Waals surface area (Å²) >= 11 is 0. The summed E-state index contributed by atoms with van der Waals surface area (Å²) in [6.45, 7) is 1.70. The zero-order valence-electron chi connectivity index (χ0n) is 13.9. The summed E-state index contributed by atoms with van der Waals surface area (Å²) in [4.78, 5) is 23.6. The summed E-state index contributed by atoms with van der Waals surface area (Å²) in [7, 11) is -0.848. The largest absolute Gasteiger partial charge is 0.545 e. The summed E-state index contributed by atoms with van der Waals surface area (Å²) < 4.78 is 25.5. The average molecular weight is 361 g/mol. The minimum atomic E-state index is -3.66. The zero-order valence-corrected chi connectivity index (χ0v) is 14.8. The number of nitrogens with one attached hydrogen (secondary N) is 1. The molecule has 0 atom stereocenters. The maximum atomic E-state index is 12.4. The second-order valence-electron chi connectivity index (χ2n) is 5.55. The molecular weight excluding hydrogens is 344 g/mol. The number of aryl methyl sites for hydroxylation is 1. The van der Waals surface area contributed by atoms with E-state index in [0.717, 1.165) is 4.31 Å². The minimum Gasteiger partial charge on any atom is -0.545 e. The fourth-order valence-electron chi connectivity index (χ4n) is 2.16. The van der Waals surface area contributed by atoms with E-state index in [9.17, 15) is 23.1 Å². The topological polar surface area (TPSA) is 107 Å². The van der Waals surface area contributed by atoms with Gasteiger partial charge in [0.25, 0.3) is 5.91 Å². The number of aromatic carboxylic acids is 1. The molecule has 132 valence electrons. The lowest BCUT2D eigenvalue weighted by molar-refractivity contribution is -0.255. The summed E-state index contributed by atoms with van der Waals surface area (Å²) in [5.41, 5.74) is 0.607. The van der Waals surface area contributed by atoms with Crippen molar-refractivity contribution in [2.24, 2.45) is 0 Å². The summed E-state index contributed by atoms with van der Waals surface area (Å²) in [6.07, 6.45) is 0. The van der Waals surface area contributed by atoms with E-state index in [0.29, 0.717) is 5.56 Å². The van der Waals surface area contributed by atoms with Gasteiger partial charge in [-0.2, -0.15) is 0 Å². The van der Waals surface area contributed by atoms with Gasteiger partial charge in [-0.3, -0.25) is 4.79 Å². The van der Waals surface area contributed by atoms with E-state index < -0.39 is 21.9 Å². The molecule has 0 aromatic heterocycles. The molecule has 0 aliphatic rings. The number of rotatable bonds is 5. The molecule has 2 aromatic carbocycles. The molecule has 0 saturated carbocycles. The van der Waals surface area contributed by atoms with E-state index in [1.165, 1.54) is 50.5 Å². The maximum Gasteiger partial charge on any atom is 0.256 e. The molecule has 0 aliphatic heterocycles. The number of carboxylic acids is 1. The van der Waals surface area contributed by atoms with Gasteiger partial charge in [-0.05, 0) is 30.7 Å². The average Bonchev–Trinajstić information content (AvgIpc) is 2.56. The number of sulfonamides is 1. The monoisotopic (exact) mass is 361 g/mol. The fraction of sp³-hybridized carbons (Fsp3) is 0.176. The van der Waals surface area contributed by atoms with Crippen molar-refractivity contribution in [1.29, 1.82) is 0 Å². The van der Waals surface area contributed by atoms with Crippen molar-refractivity contribution >= 4 is 27.6 Å². The Hall–Kier alpha value is -2.71. The predicted octanol–water partition coefficient (Wildman–Crippen LogP) is 0.861. The van der Waals surface area contributed by atoms with Gasteiger partial charge in [-0.15, -0.1) is 0 Å². The van der Waals surface area contributed by atoms with Crippen molar-refractivity contribution in [2.45, 2.75) is 11.8 Å². The molecule has 0 aliphatic carbocycles. The van der Waals surface area contributed by atoms with Gasteiger partial charge in [-0.25, -0.2) is 12.7 Å². The first-order valence-electron chi connectivity index (χ1n) is 7.29. The number of hydrogen-bond donors (Lipinski definition) is 1. The molecule has 8 heteroatoms. The van der Waals surface area contributed by atoms with Crippen LogP contribution in [0.5, 0.6) is 0 Å². The molecule has 2 aromatic rings. The van der Waals surface area contributed by atoms with E-state index in [4.69, 9.17) is 0 Å². The number of nitrogens with zero attached hydrogens (tertiary/aromatic N) is 1. The number of carbonyl (C=O) groups is 2. The Morgan fingerprint density at radius 1 is 1.04 bits per heavy atom. The second kappa shape index (κ2) is 7.04. The lowest BCUT2D eigenvalue weighted by Gasteiger charge is -2.15. The van der Waals surface area contributed by atoms with Gasteiger partial charge in [0.2, 0.25) is 10.0 Å². The standard InChI is InChI=1S/C17H18N2O5S/c1-11-8-9-12(25(23,24)19(2)3)10-15(11)18-16(20)13-6-4-5-7-14(13)17(21)22/h4-10H,1-3H3,(H,18,20)(H,21,22)/p-1. The summed E-state index contributed by atoms with van der Waals surface area (Å²) in [6, 6.07) is 9.98. The molecule has 1 amide bonds. The van der Waals surface area contributed by atoms with Crippen LogP contribution >= 0.6 is 0 Å². The van der Waals surface area contributed by atoms with Crippen molar-refractivity contribution in [3.8, 4) is 0 Å². The molecule has 0 fully saturated rings. The quantitative estimate of drug-likeness (QED) is 0.850. The number of amides is 1. The van der Waals surface area contributed by atoms with Gasteiger partial charge in [0.05, 0.1) is 10.9 Å². The molecule has 1 N–H and O–H groups in total. The SMILES string of the molecule is Cc1ccc(S(=O)(=O)N(C)C)cc1NC(=O)c1ccccc1C(=O)[O-]. The Morgan fingerprint density at radius 3 is 2.20 bits per heavy atom. The second-order valence-corrected chi connectivity index (χ2v) is 7.70. The highest BCUT2D eigenvalue weighted by atomic mass is 32.2. The van der Waals surface area contributed by atoms with Gasteiger partial charge in [0.15, 0.2) is 0 Å². The van der Waals surface area contributed by atoms with E-state index in [2.05, 4.69) is 5.32 Å². The van der Waals surface area contributed by atoms with Crippen LogP contribution in [-0.2, 0) is 10.0 Å². The lowest BCUT2D eigenvalue weighted by atomic mass is 10.1. The number of anilines is 1. The molecule has 25 heavy (non-hydrogen) atoms. The number of carbonyl (C=O) groups excluding carboxylic acids is 2.